The largest absolute Gasteiger partial charge is 0.416 e. The zero-order valence-corrected chi connectivity index (χ0v) is 16.1. The Hall–Kier alpha value is -2.87. The second kappa shape index (κ2) is 7.18. The number of para-hydroxylation sites is 1. The van der Waals surface area contributed by atoms with Crippen LogP contribution >= 0.6 is 0 Å². The van der Waals surface area contributed by atoms with Crippen molar-refractivity contribution in [3.05, 3.63) is 64.1 Å². The van der Waals surface area contributed by atoms with E-state index in [-0.39, 0.29) is 11.6 Å². The van der Waals surface area contributed by atoms with E-state index in [2.05, 4.69) is 10.3 Å². The number of fused-ring (bicyclic) bond motifs is 1. The zero-order chi connectivity index (χ0) is 20.8. The fourth-order valence-corrected chi connectivity index (χ4v) is 3.86. The molecular weight excluding hydrogens is 381 g/mol. The third-order valence-corrected chi connectivity index (χ3v) is 5.45. The molecule has 1 aliphatic heterocycles. The van der Waals surface area contributed by atoms with Crippen LogP contribution in [0.5, 0.6) is 0 Å². The van der Waals surface area contributed by atoms with Crippen molar-refractivity contribution < 1.29 is 13.2 Å². The predicted octanol–water partition coefficient (Wildman–Crippen LogP) is 3.51. The summed E-state index contributed by atoms with van der Waals surface area (Å²) in [7, 11) is 1.87. The number of hydrogen-bond donors (Lipinski definition) is 1. The molecule has 1 fully saturated rings. The van der Waals surface area contributed by atoms with Crippen molar-refractivity contribution in [1.29, 1.82) is 0 Å². The van der Waals surface area contributed by atoms with Gasteiger partial charge in [-0.25, -0.2) is 4.79 Å². The van der Waals surface area contributed by atoms with Crippen molar-refractivity contribution in [2.75, 3.05) is 25.0 Å². The fraction of sp³-hybridized carbons (Fsp3) is 0.333. The molecule has 1 atom stereocenters. The molecule has 152 valence electrons. The quantitative estimate of drug-likeness (QED) is 0.729. The Morgan fingerprint density at radius 1 is 1.17 bits per heavy atom. The molecule has 0 amide bonds. The van der Waals surface area contributed by atoms with Gasteiger partial charge in [-0.1, -0.05) is 18.2 Å². The Labute approximate surface area is 165 Å². The topological polar surface area (TPSA) is 50.2 Å². The van der Waals surface area contributed by atoms with Gasteiger partial charge in [-0.05, 0) is 50.2 Å². The third kappa shape index (κ3) is 3.48. The minimum atomic E-state index is -4.50. The molecule has 1 saturated heterocycles. The molecule has 5 nitrogen and oxygen atoms in total. The molecule has 0 radical (unpaired) electrons. The smallest absolute Gasteiger partial charge is 0.354 e. The van der Waals surface area contributed by atoms with Gasteiger partial charge in [0.25, 0.3) is 0 Å². The van der Waals surface area contributed by atoms with Gasteiger partial charge < -0.3 is 10.2 Å². The molecule has 1 unspecified atom stereocenters. The second-order valence-corrected chi connectivity index (χ2v) is 7.29. The maximum atomic E-state index is 13.4. The molecule has 29 heavy (non-hydrogen) atoms. The van der Waals surface area contributed by atoms with Gasteiger partial charge >= 0.3 is 11.9 Å². The summed E-state index contributed by atoms with van der Waals surface area (Å²) in [6, 6.07) is 10.8. The summed E-state index contributed by atoms with van der Waals surface area (Å²) in [6.45, 7) is 3.14. The number of alkyl halides is 3. The monoisotopic (exact) mass is 402 g/mol. The number of aryl methyl sites for hydroxylation is 1. The maximum absolute atomic E-state index is 13.4. The van der Waals surface area contributed by atoms with Gasteiger partial charge in [-0.3, -0.25) is 4.57 Å². The van der Waals surface area contributed by atoms with Gasteiger partial charge in [0.05, 0.1) is 16.8 Å². The van der Waals surface area contributed by atoms with Crippen molar-refractivity contribution in [2.24, 2.45) is 0 Å². The fourth-order valence-electron chi connectivity index (χ4n) is 3.86. The number of aromatic nitrogens is 2. The van der Waals surface area contributed by atoms with Crippen LogP contribution in [0, 0.1) is 6.92 Å². The molecule has 2 heterocycles. The van der Waals surface area contributed by atoms with Crippen LogP contribution in [0.3, 0.4) is 0 Å². The van der Waals surface area contributed by atoms with E-state index in [1.54, 1.807) is 12.1 Å². The SMILES string of the molecule is CNC1CCN(c2nc(=O)n(-c3ccccc3C)c3cc(C(F)(F)F)ccc23)C1. The summed E-state index contributed by atoms with van der Waals surface area (Å²) < 4.78 is 41.5. The van der Waals surface area contributed by atoms with E-state index in [0.29, 0.717) is 30.0 Å². The van der Waals surface area contributed by atoms with Crippen molar-refractivity contribution in [3.8, 4) is 5.69 Å². The third-order valence-electron chi connectivity index (χ3n) is 5.45. The normalized spacial score (nSPS) is 17.3. The molecule has 0 spiro atoms. The van der Waals surface area contributed by atoms with Crippen LogP contribution in [0.25, 0.3) is 16.6 Å². The highest BCUT2D eigenvalue weighted by Gasteiger charge is 2.32. The number of nitrogens with zero attached hydrogens (tertiary/aromatic N) is 3. The predicted molar refractivity (Wildman–Crippen MR) is 107 cm³/mol. The number of hydrogen-bond acceptors (Lipinski definition) is 4. The van der Waals surface area contributed by atoms with Gasteiger partial charge in [0.1, 0.15) is 5.82 Å². The first-order valence-corrected chi connectivity index (χ1v) is 9.42. The van der Waals surface area contributed by atoms with Gasteiger partial charge in [0.15, 0.2) is 0 Å². The van der Waals surface area contributed by atoms with Crippen LogP contribution in [0.2, 0.25) is 0 Å². The minimum Gasteiger partial charge on any atom is -0.354 e. The van der Waals surface area contributed by atoms with E-state index in [1.807, 2.05) is 31.0 Å². The average molecular weight is 402 g/mol. The summed E-state index contributed by atoms with van der Waals surface area (Å²) in [5, 5.41) is 3.72. The first-order chi connectivity index (χ1) is 13.8. The number of rotatable bonds is 3. The van der Waals surface area contributed by atoms with Gasteiger partial charge in [0.2, 0.25) is 0 Å². The summed E-state index contributed by atoms with van der Waals surface area (Å²) in [5.41, 5.74) is 0.124. The van der Waals surface area contributed by atoms with E-state index >= 15 is 0 Å². The van der Waals surface area contributed by atoms with Crippen molar-refractivity contribution in [1.82, 2.24) is 14.9 Å². The zero-order valence-electron chi connectivity index (χ0n) is 16.1. The van der Waals surface area contributed by atoms with Crippen molar-refractivity contribution in [2.45, 2.75) is 25.6 Å². The van der Waals surface area contributed by atoms with Gasteiger partial charge in [0, 0.05) is 24.5 Å². The summed E-state index contributed by atoms with van der Waals surface area (Å²) in [5.74, 6) is 0.432. The van der Waals surface area contributed by atoms with Crippen molar-refractivity contribution in [3.63, 3.8) is 0 Å². The average Bonchev–Trinajstić information content (AvgIpc) is 3.16. The second-order valence-electron chi connectivity index (χ2n) is 7.29. The molecule has 2 aromatic carbocycles. The lowest BCUT2D eigenvalue weighted by atomic mass is 10.1. The lowest BCUT2D eigenvalue weighted by molar-refractivity contribution is -0.137. The first kappa shape index (κ1) is 19.4. The molecule has 1 N–H and O–H groups in total. The van der Waals surface area contributed by atoms with Crippen LogP contribution < -0.4 is 15.9 Å². The summed E-state index contributed by atoms with van der Waals surface area (Å²) in [4.78, 5) is 19.2. The standard InChI is InChI=1S/C21H21F3N4O/c1-13-5-3-4-6-17(13)28-18-11-14(21(22,23)24)7-8-16(18)19(26-20(28)29)27-10-9-15(12-27)25-2/h3-8,11,15,25H,9-10,12H2,1-2H3. The Morgan fingerprint density at radius 3 is 2.59 bits per heavy atom. The van der Waals surface area contributed by atoms with E-state index in [0.717, 1.165) is 24.1 Å². The highest BCUT2D eigenvalue weighted by molar-refractivity contribution is 5.91. The van der Waals surface area contributed by atoms with Crippen LogP contribution in [0.4, 0.5) is 19.0 Å². The Bertz CT molecular complexity index is 1120. The molecule has 0 aliphatic carbocycles. The number of halogens is 3. The highest BCUT2D eigenvalue weighted by atomic mass is 19.4. The van der Waals surface area contributed by atoms with Crippen molar-refractivity contribution >= 4 is 16.7 Å². The van der Waals surface area contributed by atoms with E-state index in [1.165, 1.54) is 10.6 Å². The summed E-state index contributed by atoms with van der Waals surface area (Å²) in [6.07, 6.45) is -3.63. The molecule has 4 rings (SSSR count). The van der Waals surface area contributed by atoms with Crippen LogP contribution in [0.1, 0.15) is 17.5 Å². The van der Waals surface area contributed by atoms with Gasteiger partial charge in [-0.2, -0.15) is 18.2 Å². The lowest BCUT2D eigenvalue weighted by Crippen LogP contribution is -2.32. The summed E-state index contributed by atoms with van der Waals surface area (Å²) >= 11 is 0. The molecule has 8 heteroatoms. The number of anilines is 1. The highest BCUT2D eigenvalue weighted by Crippen LogP contribution is 2.34. The number of likely N-dealkylation sites (N-methyl/N-ethyl adjacent to an activating group) is 1. The Balaban J connectivity index is 2.01. The molecule has 1 aliphatic rings. The van der Waals surface area contributed by atoms with Crippen LogP contribution in [0.15, 0.2) is 47.3 Å². The lowest BCUT2D eigenvalue weighted by Gasteiger charge is -2.22. The number of benzene rings is 2. The number of nitrogens with one attached hydrogen (secondary N) is 1. The minimum absolute atomic E-state index is 0.206. The molecule has 0 saturated carbocycles. The molecule has 0 bridgehead atoms. The van der Waals surface area contributed by atoms with E-state index < -0.39 is 17.4 Å². The van der Waals surface area contributed by atoms with Crippen LogP contribution in [-0.2, 0) is 6.18 Å². The first-order valence-electron chi connectivity index (χ1n) is 9.42. The van der Waals surface area contributed by atoms with Gasteiger partial charge in [-0.15, -0.1) is 0 Å². The van der Waals surface area contributed by atoms with Crippen LogP contribution in [-0.4, -0.2) is 35.7 Å². The molecule has 1 aromatic heterocycles. The van der Waals surface area contributed by atoms with E-state index in [9.17, 15) is 18.0 Å². The Kier molecular flexibility index (Phi) is 4.82. The Morgan fingerprint density at radius 2 is 1.93 bits per heavy atom. The molecule has 3 aromatic rings. The maximum Gasteiger partial charge on any atom is 0.416 e. The van der Waals surface area contributed by atoms with E-state index in [4.69, 9.17) is 0 Å². The molecular formula is C21H21F3N4O.